The Morgan fingerprint density at radius 2 is 2.00 bits per heavy atom. The number of carbonyl (C=O) groups excluding carboxylic acids is 1. The molecule has 1 aromatic carbocycles. The third-order valence-corrected chi connectivity index (χ3v) is 5.03. The highest BCUT2D eigenvalue weighted by molar-refractivity contribution is 9.10. The number of rotatable bonds is 5. The molecule has 2 aliphatic rings. The van der Waals surface area contributed by atoms with Gasteiger partial charge in [0.15, 0.2) is 0 Å². The van der Waals surface area contributed by atoms with Crippen molar-refractivity contribution in [1.82, 2.24) is 5.32 Å². The Morgan fingerprint density at radius 3 is 2.65 bits per heavy atom. The van der Waals surface area contributed by atoms with Gasteiger partial charge in [0, 0.05) is 34.7 Å². The third-order valence-electron chi connectivity index (χ3n) is 4.57. The van der Waals surface area contributed by atoms with Crippen LogP contribution in [-0.2, 0) is 4.79 Å². The van der Waals surface area contributed by atoms with Crippen molar-refractivity contribution in [2.75, 3.05) is 5.32 Å². The third kappa shape index (κ3) is 4.70. The number of piperidine rings is 1. The number of amides is 1. The number of carbonyl (C=O) groups is 1. The summed E-state index contributed by atoms with van der Waals surface area (Å²) in [5, 5.41) is 6.65. The minimum atomic E-state index is 0.102. The van der Waals surface area contributed by atoms with Crippen molar-refractivity contribution in [2.24, 2.45) is 5.92 Å². The number of ether oxygens (including phenoxy) is 1. The van der Waals surface area contributed by atoms with E-state index in [0.29, 0.717) is 24.4 Å². The van der Waals surface area contributed by atoms with Gasteiger partial charge in [-0.05, 0) is 57.6 Å². The number of hydrogen-bond acceptors (Lipinski definition) is 3. The van der Waals surface area contributed by atoms with E-state index >= 15 is 0 Å². The van der Waals surface area contributed by atoms with E-state index in [4.69, 9.17) is 4.74 Å². The van der Waals surface area contributed by atoms with Gasteiger partial charge in [-0.2, -0.15) is 0 Å². The molecule has 0 spiro atoms. The Balaban J connectivity index is 1.58. The van der Waals surface area contributed by atoms with Gasteiger partial charge in [-0.25, -0.2) is 0 Å². The number of benzene rings is 1. The fourth-order valence-electron chi connectivity index (χ4n) is 3.79. The summed E-state index contributed by atoms with van der Waals surface area (Å²) in [6, 6.07) is 6.97. The molecule has 4 nitrogen and oxygen atoms in total. The number of hydrogen-bond donors (Lipinski definition) is 2. The Morgan fingerprint density at radius 1 is 1.30 bits per heavy atom. The average Bonchev–Trinajstić information content (AvgIpc) is 2.76. The van der Waals surface area contributed by atoms with E-state index in [1.165, 1.54) is 12.8 Å². The molecule has 1 aromatic rings. The maximum Gasteiger partial charge on any atom is 0.224 e. The number of halogens is 1. The zero-order chi connectivity index (χ0) is 16.4. The fourth-order valence-corrected chi connectivity index (χ4v) is 4.26. The summed E-state index contributed by atoms with van der Waals surface area (Å²) < 4.78 is 6.62. The number of nitrogens with one attached hydrogen (secondary N) is 2. The molecule has 1 amide bonds. The van der Waals surface area contributed by atoms with E-state index in [1.807, 2.05) is 32.0 Å². The smallest absolute Gasteiger partial charge is 0.224 e. The van der Waals surface area contributed by atoms with Crippen LogP contribution in [0, 0.1) is 5.92 Å². The maximum atomic E-state index is 12.4. The minimum absolute atomic E-state index is 0.102. The van der Waals surface area contributed by atoms with Gasteiger partial charge >= 0.3 is 0 Å². The standard InChI is InChI=1S/C18H25BrN2O2/c1-11(2)23-17-9-13(19)8-16(10-17)21-18(22)7-12-5-14-3-4-15(6-12)20-14/h8-12,14-15,20H,3-7H2,1-2H3,(H,21,22). The van der Waals surface area contributed by atoms with Crippen LogP contribution in [-0.4, -0.2) is 24.1 Å². The van der Waals surface area contributed by atoms with Crippen molar-refractivity contribution < 1.29 is 9.53 Å². The summed E-state index contributed by atoms with van der Waals surface area (Å²) in [5.74, 6) is 1.38. The summed E-state index contributed by atoms with van der Waals surface area (Å²) in [4.78, 5) is 12.4. The molecular formula is C18H25BrN2O2. The van der Waals surface area contributed by atoms with Crippen molar-refractivity contribution in [3.63, 3.8) is 0 Å². The lowest BCUT2D eigenvalue weighted by atomic mass is 9.89. The molecule has 126 valence electrons. The number of fused-ring (bicyclic) bond motifs is 2. The molecule has 2 fully saturated rings. The monoisotopic (exact) mass is 380 g/mol. The SMILES string of the molecule is CC(C)Oc1cc(Br)cc(NC(=O)CC2CC3CCC(C2)N3)c1. The predicted molar refractivity (Wildman–Crippen MR) is 95.8 cm³/mol. The van der Waals surface area contributed by atoms with Crippen LogP contribution in [0.1, 0.15) is 46.0 Å². The van der Waals surface area contributed by atoms with Gasteiger partial charge < -0.3 is 15.4 Å². The topological polar surface area (TPSA) is 50.4 Å². The second-order valence-corrected chi connectivity index (χ2v) is 7.99. The molecule has 2 saturated heterocycles. The summed E-state index contributed by atoms with van der Waals surface area (Å²) in [5.41, 5.74) is 0.789. The highest BCUT2D eigenvalue weighted by Crippen LogP contribution is 2.33. The van der Waals surface area contributed by atoms with Crippen molar-refractivity contribution >= 4 is 27.5 Å². The van der Waals surface area contributed by atoms with Crippen molar-refractivity contribution in [3.05, 3.63) is 22.7 Å². The Bertz CT molecular complexity index is 564. The molecule has 0 aromatic heterocycles. The van der Waals surface area contributed by atoms with E-state index in [-0.39, 0.29) is 12.0 Å². The van der Waals surface area contributed by atoms with Gasteiger partial charge in [-0.15, -0.1) is 0 Å². The molecule has 2 atom stereocenters. The Kier molecular flexibility index (Phi) is 5.27. The van der Waals surface area contributed by atoms with Crippen molar-refractivity contribution in [1.29, 1.82) is 0 Å². The van der Waals surface area contributed by atoms with Crippen LogP contribution in [0.5, 0.6) is 5.75 Å². The molecule has 2 unspecified atom stereocenters. The summed E-state index contributed by atoms with van der Waals surface area (Å²) in [7, 11) is 0. The second-order valence-electron chi connectivity index (χ2n) is 7.07. The maximum absolute atomic E-state index is 12.4. The molecule has 3 rings (SSSR count). The molecule has 2 aliphatic heterocycles. The quantitative estimate of drug-likeness (QED) is 0.808. The molecule has 2 N–H and O–H groups in total. The normalized spacial score (nSPS) is 26.3. The molecule has 23 heavy (non-hydrogen) atoms. The minimum Gasteiger partial charge on any atom is -0.491 e. The summed E-state index contributed by atoms with van der Waals surface area (Å²) in [6.07, 6.45) is 5.52. The van der Waals surface area contributed by atoms with Gasteiger partial charge in [-0.3, -0.25) is 4.79 Å². The van der Waals surface area contributed by atoms with Crippen LogP contribution >= 0.6 is 15.9 Å². The van der Waals surface area contributed by atoms with Crippen LogP contribution in [0.15, 0.2) is 22.7 Å². The van der Waals surface area contributed by atoms with Gasteiger partial charge in [-0.1, -0.05) is 15.9 Å². The highest BCUT2D eigenvalue weighted by Gasteiger charge is 2.34. The van der Waals surface area contributed by atoms with Crippen LogP contribution in [0.3, 0.4) is 0 Å². The van der Waals surface area contributed by atoms with Crippen LogP contribution in [0.25, 0.3) is 0 Å². The van der Waals surface area contributed by atoms with Crippen molar-refractivity contribution in [2.45, 2.75) is 64.1 Å². The fraction of sp³-hybridized carbons (Fsp3) is 0.611. The average molecular weight is 381 g/mol. The summed E-state index contributed by atoms with van der Waals surface area (Å²) >= 11 is 3.48. The predicted octanol–water partition coefficient (Wildman–Crippen LogP) is 4.10. The summed E-state index contributed by atoms with van der Waals surface area (Å²) in [6.45, 7) is 3.98. The zero-order valence-corrected chi connectivity index (χ0v) is 15.4. The van der Waals surface area contributed by atoms with Gasteiger partial charge in [0.2, 0.25) is 5.91 Å². The van der Waals surface area contributed by atoms with Crippen molar-refractivity contribution in [3.8, 4) is 5.75 Å². The first-order chi connectivity index (χ1) is 11.0. The van der Waals surface area contributed by atoms with Gasteiger partial charge in [0.1, 0.15) is 5.75 Å². The Hall–Kier alpha value is -1.07. The first kappa shape index (κ1) is 16.8. The van der Waals surface area contributed by atoms with Gasteiger partial charge in [0.05, 0.1) is 6.10 Å². The lowest BCUT2D eigenvalue weighted by Gasteiger charge is -2.28. The molecule has 0 radical (unpaired) electrons. The van der Waals surface area contributed by atoms with Crippen LogP contribution < -0.4 is 15.4 Å². The molecule has 0 aliphatic carbocycles. The zero-order valence-electron chi connectivity index (χ0n) is 13.8. The lowest BCUT2D eigenvalue weighted by molar-refractivity contribution is -0.117. The second kappa shape index (κ2) is 7.22. The number of anilines is 1. The highest BCUT2D eigenvalue weighted by atomic mass is 79.9. The first-order valence-electron chi connectivity index (χ1n) is 8.51. The molecule has 2 bridgehead atoms. The van der Waals surface area contributed by atoms with E-state index in [2.05, 4.69) is 26.6 Å². The van der Waals surface area contributed by atoms with E-state index < -0.39 is 0 Å². The molecule has 2 heterocycles. The lowest BCUT2D eigenvalue weighted by Crippen LogP contribution is -2.39. The molecule has 0 saturated carbocycles. The van der Waals surface area contributed by atoms with E-state index in [0.717, 1.165) is 28.8 Å². The Labute approximate surface area is 146 Å². The molecular weight excluding hydrogens is 356 g/mol. The largest absolute Gasteiger partial charge is 0.491 e. The first-order valence-corrected chi connectivity index (χ1v) is 9.30. The van der Waals surface area contributed by atoms with Crippen LogP contribution in [0.2, 0.25) is 0 Å². The van der Waals surface area contributed by atoms with Crippen LogP contribution in [0.4, 0.5) is 5.69 Å². The molecule has 5 heteroatoms. The van der Waals surface area contributed by atoms with E-state index in [9.17, 15) is 4.79 Å². The van der Waals surface area contributed by atoms with E-state index in [1.54, 1.807) is 0 Å². The van der Waals surface area contributed by atoms with Gasteiger partial charge in [0.25, 0.3) is 0 Å².